The zero-order chi connectivity index (χ0) is 73.6. The lowest BCUT2D eigenvalue weighted by Crippen LogP contribution is -2.28. The van der Waals surface area contributed by atoms with Gasteiger partial charge in [-0.15, -0.1) is 0 Å². The predicted octanol–water partition coefficient (Wildman–Crippen LogP) is 28.0. The zero-order valence-electron chi connectivity index (χ0n) is 59.5. The highest BCUT2D eigenvalue weighted by Crippen LogP contribution is 2.60. The van der Waals surface area contributed by atoms with Gasteiger partial charge in [0.05, 0.1) is 10.8 Å². The molecule has 6 nitrogen and oxygen atoms in total. The van der Waals surface area contributed by atoms with Gasteiger partial charge >= 0.3 is 0 Å². The second-order valence-corrected chi connectivity index (χ2v) is 28.2. The second kappa shape index (κ2) is 26.3. The molecule has 0 amide bonds. The van der Waals surface area contributed by atoms with Crippen LogP contribution in [0.25, 0.3) is 89.4 Å². The number of ether oxygens (including phenoxy) is 2. The van der Waals surface area contributed by atoms with Gasteiger partial charge in [0.2, 0.25) is 0 Å². The lowest BCUT2D eigenvalue weighted by molar-refractivity contribution is 0.482. The molecule has 8 heteroatoms. The van der Waals surface area contributed by atoms with Crippen LogP contribution in [0, 0.1) is 11.6 Å². The van der Waals surface area contributed by atoms with E-state index < -0.39 is 10.8 Å². The van der Waals surface area contributed by atoms with E-state index >= 15 is 8.78 Å². The van der Waals surface area contributed by atoms with Gasteiger partial charge in [0, 0.05) is 67.8 Å². The van der Waals surface area contributed by atoms with E-state index in [0.29, 0.717) is 23.0 Å². The van der Waals surface area contributed by atoms with Crippen molar-refractivity contribution in [2.75, 3.05) is 9.80 Å². The van der Waals surface area contributed by atoms with Crippen molar-refractivity contribution in [2.24, 2.45) is 0 Å². The molecule has 2 aliphatic carbocycles. The largest absolute Gasteiger partial charge is 0.457 e. The fraction of sp³-hybridized carbons (Fsp3) is 0.0196. The number of anilines is 6. The summed E-state index contributed by atoms with van der Waals surface area (Å²) in [5, 5.41) is 4.15. The Morgan fingerprint density at radius 1 is 0.264 bits per heavy atom. The van der Waals surface area contributed by atoms with Crippen LogP contribution >= 0.6 is 0 Å². The molecule has 0 saturated carbocycles. The zero-order valence-corrected chi connectivity index (χ0v) is 59.5. The molecule has 2 heterocycles. The standard InChI is InChI=1S/C102H66F2N2O4/c1-3-65-21-49-81(50-22-65)107-83-53-33-71(34-54-83)101(69-29-37-73(103)38-30-69)93-17-9-5-13-85(93)87-57-45-77(61-95(87)101)105(79-47-59-91-89-15-7-11-19-97(89)109-99(91)63-79)75-41-25-67(26-42-75)68-27-43-76(44-28-68)106(80-48-60-92-90-16-8-12-20-98(90)110-100(92)64-80)78-46-58-88-86-14-6-10-18-94(86)102(96(88)62-78,70-31-39-74(104)40-32-70)72-35-55-84(56-36-72)108-82-51-23-66(4-2)24-52-82/h3-64H,1-2H2. The van der Waals surface area contributed by atoms with Crippen LogP contribution in [0.2, 0.25) is 0 Å². The van der Waals surface area contributed by atoms with E-state index in [0.717, 1.165) is 167 Å². The number of furan rings is 2. The Hall–Kier alpha value is -14.3. The average Bonchev–Trinajstić information content (AvgIpc) is 1.51. The maximum absolute atomic E-state index is 15.3. The summed E-state index contributed by atoms with van der Waals surface area (Å²) in [6, 6.07) is 124. The molecule has 18 aromatic rings. The topological polar surface area (TPSA) is 51.2 Å². The quantitative estimate of drug-likeness (QED) is 0.0906. The summed E-state index contributed by atoms with van der Waals surface area (Å²) < 4.78 is 56.8. The van der Waals surface area contributed by atoms with Crippen LogP contribution in [0.1, 0.15) is 55.6 Å². The van der Waals surface area contributed by atoms with Gasteiger partial charge in [-0.2, -0.15) is 0 Å². The third-order valence-corrected chi connectivity index (χ3v) is 22.2. The van der Waals surface area contributed by atoms with Crippen LogP contribution in [-0.4, -0.2) is 0 Å². The van der Waals surface area contributed by atoms with Crippen LogP contribution in [0.5, 0.6) is 23.0 Å². The highest BCUT2D eigenvalue weighted by Gasteiger charge is 2.48. The first-order chi connectivity index (χ1) is 54.2. The first kappa shape index (κ1) is 65.2. The molecule has 0 bridgehead atoms. The number of fused-ring (bicyclic) bond motifs is 12. The molecule has 522 valence electrons. The molecule has 0 N–H and O–H groups in total. The fourth-order valence-corrected chi connectivity index (χ4v) is 17.2. The van der Waals surface area contributed by atoms with Gasteiger partial charge in [-0.3, -0.25) is 0 Å². The number of nitrogens with zero attached hydrogens (tertiary/aromatic N) is 2. The molecular weight excluding hydrogens is 1360 g/mol. The first-order valence-corrected chi connectivity index (χ1v) is 36.8. The van der Waals surface area contributed by atoms with Crippen molar-refractivity contribution in [1.29, 1.82) is 0 Å². The monoisotopic (exact) mass is 1420 g/mol. The van der Waals surface area contributed by atoms with E-state index in [1.54, 1.807) is 24.3 Å². The van der Waals surface area contributed by atoms with Crippen molar-refractivity contribution >= 4 is 90.2 Å². The van der Waals surface area contributed by atoms with Gasteiger partial charge in [0.15, 0.2) is 0 Å². The molecule has 0 radical (unpaired) electrons. The van der Waals surface area contributed by atoms with Crippen molar-refractivity contribution in [3.8, 4) is 56.4 Å². The molecule has 0 saturated heterocycles. The Labute approximate surface area is 634 Å². The molecule has 0 aliphatic heterocycles. The van der Waals surface area contributed by atoms with Gasteiger partial charge in [0.1, 0.15) is 57.0 Å². The van der Waals surface area contributed by atoms with Crippen molar-refractivity contribution < 1.29 is 27.1 Å². The summed E-state index contributed by atoms with van der Waals surface area (Å²) >= 11 is 0. The van der Waals surface area contributed by atoms with Crippen molar-refractivity contribution in [1.82, 2.24) is 0 Å². The molecular formula is C102H66F2N2O4. The van der Waals surface area contributed by atoms with Gasteiger partial charge in [-0.05, 0) is 247 Å². The van der Waals surface area contributed by atoms with E-state index in [2.05, 4.69) is 229 Å². The Morgan fingerprint density at radius 3 is 0.945 bits per heavy atom. The minimum absolute atomic E-state index is 0.312. The molecule has 2 atom stereocenters. The van der Waals surface area contributed by atoms with E-state index in [4.69, 9.17) is 18.3 Å². The van der Waals surface area contributed by atoms with Crippen LogP contribution in [0.3, 0.4) is 0 Å². The lowest BCUT2D eigenvalue weighted by Gasteiger charge is -2.35. The Morgan fingerprint density at radius 2 is 0.564 bits per heavy atom. The van der Waals surface area contributed by atoms with E-state index in [1.165, 1.54) is 0 Å². The summed E-state index contributed by atoms with van der Waals surface area (Å²) in [6.45, 7) is 7.84. The van der Waals surface area contributed by atoms with Crippen molar-refractivity contribution in [3.05, 3.63) is 444 Å². The molecule has 2 aromatic heterocycles. The lowest BCUT2D eigenvalue weighted by atomic mass is 9.67. The van der Waals surface area contributed by atoms with Crippen molar-refractivity contribution in [2.45, 2.75) is 10.8 Å². The number of para-hydroxylation sites is 2. The fourth-order valence-electron chi connectivity index (χ4n) is 17.2. The Balaban J connectivity index is 0.702. The van der Waals surface area contributed by atoms with E-state index in [9.17, 15) is 0 Å². The Bertz CT molecular complexity index is 6220. The average molecular weight is 1420 g/mol. The summed E-state index contributed by atoms with van der Waals surface area (Å²) in [4.78, 5) is 4.61. The van der Waals surface area contributed by atoms with Crippen molar-refractivity contribution in [3.63, 3.8) is 0 Å². The molecule has 110 heavy (non-hydrogen) atoms. The maximum Gasteiger partial charge on any atom is 0.137 e. The highest BCUT2D eigenvalue weighted by atomic mass is 19.1. The third kappa shape index (κ3) is 10.7. The second-order valence-electron chi connectivity index (χ2n) is 28.2. The normalized spacial score (nSPS) is 14.6. The van der Waals surface area contributed by atoms with Crippen LogP contribution in [-0.2, 0) is 10.8 Å². The smallest absolute Gasteiger partial charge is 0.137 e. The molecule has 16 aromatic carbocycles. The van der Waals surface area contributed by atoms with Crippen LogP contribution in [0.15, 0.2) is 386 Å². The summed E-state index contributed by atoms with van der Waals surface area (Å²) in [6.07, 6.45) is 3.63. The minimum Gasteiger partial charge on any atom is -0.457 e. The van der Waals surface area contributed by atoms with E-state index in [-0.39, 0.29) is 11.6 Å². The molecule has 0 fully saturated rings. The molecule has 20 rings (SSSR count). The van der Waals surface area contributed by atoms with Crippen LogP contribution < -0.4 is 19.3 Å². The minimum atomic E-state index is -0.884. The number of hydrogen-bond donors (Lipinski definition) is 0. The molecule has 2 aliphatic rings. The number of benzene rings is 16. The SMILES string of the molecule is C=Cc1ccc(Oc2ccc(C3(c4ccc(F)cc4)c4ccccc4-c4ccc(N(c5ccc(-c6ccc(N(c7ccc8c(c7)C(c7ccc(F)cc7)(c7ccc(Oc9ccc(C=C)cc9)cc7)c7ccccc7-8)c7ccc8c(c7)oc7ccccc78)cc6)cc5)c5ccc6c(c5)oc5ccccc56)cc43)cc2)cc1. The van der Waals surface area contributed by atoms with Gasteiger partial charge in [0.25, 0.3) is 0 Å². The van der Waals surface area contributed by atoms with Gasteiger partial charge in [-0.1, -0.05) is 219 Å². The van der Waals surface area contributed by atoms with Gasteiger partial charge < -0.3 is 28.1 Å². The van der Waals surface area contributed by atoms with E-state index in [1.807, 2.05) is 146 Å². The van der Waals surface area contributed by atoms with Crippen LogP contribution in [0.4, 0.5) is 42.9 Å². The molecule has 0 spiro atoms. The summed E-state index contributed by atoms with van der Waals surface area (Å²) in [7, 11) is 0. The predicted molar refractivity (Wildman–Crippen MR) is 444 cm³/mol. The number of halogens is 2. The maximum atomic E-state index is 15.3. The third-order valence-electron chi connectivity index (χ3n) is 22.2. The highest BCUT2D eigenvalue weighted by molar-refractivity contribution is 6.08. The summed E-state index contributed by atoms with van der Waals surface area (Å²) in [5.74, 6) is 2.18. The van der Waals surface area contributed by atoms with Gasteiger partial charge in [-0.25, -0.2) is 8.78 Å². The number of hydrogen-bond acceptors (Lipinski definition) is 6. The summed E-state index contributed by atoms with van der Waals surface area (Å²) in [5.41, 5.74) is 23.4. The Kier molecular flexibility index (Phi) is 15.6. The first-order valence-electron chi connectivity index (χ1n) is 36.8. The molecule has 2 unspecified atom stereocenters. The number of rotatable bonds is 17.